The number of nitrogens with one attached hydrogen (secondary N) is 2. The first-order chi connectivity index (χ1) is 15.1. The minimum atomic E-state index is -0.164. The molecule has 10 nitrogen and oxygen atoms in total. The zero-order valence-electron chi connectivity index (χ0n) is 17.3. The van der Waals surface area contributed by atoms with E-state index >= 15 is 0 Å². The van der Waals surface area contributed by atoms with Gasteiger partial charge in [-0.3, -0.25) is 9.59 Å². The quantitative estimate of drug-likeness (QED) is 0.592. The fraction of sp³-hybridized carbons (Fsp3) is 0.381. The minimum Gasteiger partial charge on any atom is -0.484 e. The van der Waals surface area contributed by atoms with Gasteiger partial charge in [-0.25, -0.2) is 0 Å². The number of piperidine rings is 1. The highest BCUT2D eigenvalue weighted by molar-refractivity contribution is 5.92. The van der Waals surface area contributed by atoms with Gasteiger partial charge < -0.3 is 20.3 Å². The Hall–Kier alpha value is -3.69. The van der Waals surface area contributed by atoms with Crippen molar-refractivity contribution < 1.29 is 14.3 Å². The van der Waals surface area contributed by atoms with Crippen molar-refractivity contribution >= 4 is 29.0 Å². The van der Waals surface area contributed by atoms with Gasteiger partial charge in [-0.2, -0.15) is 4.52 Å². The third-order valence-corrected chi connectivity index (χ3v) is 5.20. The Bertz CT molecular complexity index is 1040. The number of nitrogens with zero attached hydrogens (tertiary/aromatic N) is 5. The molecule has 0 aliphatic carbocycles. The van der Waals surface area contributed by atoms with Crippen LogP contribution in [-0.4, -0.2) is 57.9 Å². The Morgan fingerprint density at radius 1 is 1.13 bits per heavy atom. The summed E-state index contributed by atoms with van der Waals surface area (Å²) in [6, 6.07) is 10.9. The third kappa shape index (κ3) is 5.08. The largest absolute Gasteiger partial charge is 0.484 e. The van der Waals surface area contributed by atoms with Gasteiger partial charge in [0.05, 0.1) is 0 Å². The van der Waals surface area contributed by atoms with Crippen LogP contribution in [0.25, 0.3) is 5.65 Å². The monoisotopic (exact) mass is 423 g/mol. The van der Waals surface area contributed by atoms with Gasteiger partial charge in [0.1, 0.15) is 17.9 Å². The van der Waals surface area contributed by atoms with Gasteiger partial charge >= 0.3 is 0 Å². The second-order valence-corrected chi connectivity index (χ2v) is 7.34. The Morgan fingerprint density at radius 2 is 1.90 bits per heavy atom. The zero-order chi connectivity index (χ0) is 21.6. The summed E-state index contributed by atoms with van der Waals surface area (Å²) in [5.41, 5.74) is 1.41. The van der Waals surface area contributed by atoms with E-state index in [0.29, 0.717) is 23.6 Å². The zero-order valence-corrected chi connectivity index (χ0v) is 17.3. The van der Waals surface area contributed by atoms with Crippen LogP contribution in [0, 0.1) is 5.92 Å². The molecule has 0 unspecified atom stereocenters. The number of rotatable bonds is 7. The van der Waals surface area contributed by atoms with Crippen LogP contribution in [0.3, 0.4) is 0 Å². The normalized spacial score (nSPS) is 14.4. The van der Waals surface area contributed by atoms with Crippen LogP contribution in [0.1, 0.15) is 19.8 Å². The summed E-state index contributed by atoms with van der Waals surface area (Å²) in [6.45, 7) is 3.90. The molecule has 1 saturated heterocycles. The fourth-order valence-electron chi connectivity index (χ4n) is 3.53. The topological polar surface area (TPSA) is 114 Å². The van der Waals surface area contributed by atoms with E-state index in [-0.39, 0.29) is 24.3 Å². The molecule has 0 saturated carbocycles. The van der Waals surface area contributed by atoms with Gasteiger partial charge in [0.15, 0.2) is 12.3 Å². The van der Waals surface area contributed by atoms with E-state index in [4.69, 9.17) is 4.74 Å². The van der Waals surface area contributed by atoms with Crippen molar-refractivity contribution in [3.63, 3.8) is 0 Å². The highest BCUT2D eigenvalue weighted by atomic mass is 16.5. The van der Waals surface area contributed by atoms with Crippen molar-refractivity contribution in [3.8, 4) is 5.75 Å². The number of carbonyl (C=O) groups excluding carboxylic acids is 2. The van der Waals surface area contributed by atoms with Crippen LogP contribution in [0.5, 0.6) is 5.75 Å². The Balaban J connectivity index is 1.26. The van der Waals surface area contributed by atoms with Crippen molar-refractivity contribution in [2.75, 3.05) is 36.5 Å². The average molecular weight is 423 g/mol. The Morgan fingerprint density at radius 3 is 2.65 bits per heavy atom. The summed E-state index contributed by atoms with van der Waals surface area (Å²) in [5, 5.41) is 18.0. The lowest BCUT2D eigenvalue weighted by atomic mass is 9.96. The predicted octanol–water partition coefficient (Wildman–Crippen LogP) is 1.49. The molecule has 0 spiro atoms. The molecule has 1 aliphatic rings. The number of ether oxygens (including phenoxy) is 1. The molecule has 0 bridgehead atoms. The highest BCUT2D eigenvalue weighted by Gasteiger charge is 2.26. The van der Waals surface area contributed by atoms with Crippen molar-refractivity contribution in [3.05, 3.63) is 42.7 Å². The molecule has 1 aromatic carbocycles. The van der Waals surface area contributed by atoms with Crippen LogP contribution in [0.15, 0.2) is 42.7 Å². The van der Waals surface area contributed by atoms with E-state index < -0.39 is 0 Å². The molecule has 0 radical (unpaired) electrons. The number of amides is 2. The molecule has 2 amide bonds. The van der Waals surface area contributed by atoms with Gasteiger partial charge in [0.2, 0.25) is 5.91 Å². The molecule has 31 heavy (non-hydrogen) atoms. The lowest BCUT2D eigenvalue weighted by Crippen LogP contribution is -2.38. The number of carbonyl (C=O) groups is 2. The molecular weight excluding hydrogens is 398 g/mol. The van der Waals surface area contributed by atoms with Gasteiger partial charge in [-0.15, -0.1) is 15.3 Å². The smallest absolute Gasteiger partial charge is 0.257 e. The first-order valence-corrected chi connectivity index (χ1v) is 10.3. The van der Waals surface area contributed by atoms with Crippen LogP contribution in [0.2, 0.25) is 0 Å². The molecule has 2 aromatic heterocycles. The van der Waals surface area contributed by atoms with E-state index in [2.05, 4.69) is 30.8 Å². The lowest BCUT2D eigenvalue weighted by molar-refractivity contribution is -0.123. The molecule has 3 aromatic rings. The summed E-state index contributed by atoms with van der Waals surface area (Å²) >= 11 is 0. The average Bonchev–Trinajstić information content (AvgIpc) is 3.27. The highest BCUT2D eigenvalue weighted by Crippen LogP contribution is 2.24. The maximum absolute atomic E-state index is 12.7. The summed E-state index contributed by atoms with van der Waals surface area (Å²) in [4.78, 5) is 26.3. The first-order valence-electron chi connectivity index (χ1n) is 10.3. The third-order valence-electron chi connectivity index (χ3n) is 5.20. The summed E-state index contributed by atoms with van der Waals surface area (Å²) in [5.74, 6) is 1.23. The number of fused-ring (bicyclic) bond motifs is 1. The van der Waals surface area contributed by atoms with Crippen molar-refractivity contribution in [2.24, 2.45) is 5.92 Å². The molecule has 1 aliphatic heterocycles. The number of likely N-dealkylation sites (N-methyl/N-ethyl adjacent to an activating group) is 1. The fourth-order valence-corrected chi connectivity index (χ4v) is 3.53. The Labute approximate surface area is 179 Å². The van der Waals surface area contributed by atoms with Gasteiger partial charge in [0.25, 0.3) is 5.91 Å². The number of aromatic nitrogens is 4. The maximum Gasteiger partial charge on any atom is 0.257 e. The summed E-state index contributed by atoms with van der Waals surface area (Å²) < 4.78 is 7.08. The van der Waals surface area contributed by atoms with Crippen LogP contribution < -0.4 is 20.3 Å². The molecule has 10 heteroatoms. The second kappa shape index (κ2) is 9.41. The standard InChI is InChI=1S/C21H25N7O3/c1-2-22-20(29)13-31-17-5-3-16(4-6-17)24-21(30)15-9-11-27(12-10-15)19-8-7-18-25-23-14-28(18)26-19/h3-8,14-15H,2,9-13H2,1H3,(H,22,29)(H,24,30). The van der Waals surface area contributed by atoms with E-state index in [1.54, 1.807) is 35.1 Å². The number of hydrogen-bond acceptors (Lipinski definition) is 7. The van der Waals surface area contributed by atoms with Gasteiger partial charge in [0, 0.05) is 31.2 Å². The molecule has 3 heterocycles. The lowest BCUT2D eigenvalue weighted by Gasteiger charge is -2.32. The molecule has 2 N–H and O–H groups in total. The molecular formula is C21H25N7O3. The molecule has 1 fully saturated rings. The maximum atomic E-state index is 12.7. The number of benzene rings is 1. The molecule has 0 atom stereocenters. The van der Waals surface area contributed by atoms with E-state index in [9.17, 15) is 9.59 Å². The van der Waals surface area contributed by atoms with E-state index in [1.807, 2.05) is 19.1 Å². The van der Waals surface area contributed by atoms with Gasteiger partial charge in [-0.1, -0.05) is 0 Å². The van der Waals surface area contributed by atoms with Crippen LogP contribution in [0.4, 0.5) is 11.5 Å². The van der Waals surface area contributed by atoms with E-state index in [1.165, 1.54) is 0 Å². The Kier molecular flexibility index (Phi) is 6.25. The minimum absolute atomic E-state index is 0.0119. The molecule has 162 valence electrons. The summed E-state index contributed by atoms with van der Waals surface area (Å²) in [7, 11) is 0. The second-order valence-electron chi connectivity index (χ2n) is 7.34. The number of hydrogen-bond donors (Lipinski definition) is 2. The van der Waals surface area contributed by atoms with Gasteiger partial charge in [-0.05, 0) is 56.2 Å². The van der Waals surface area contributed by atoms with Crippen LogP contribution in [-0.2, 0) is 9.59 Å². The van der Waals surface area contributed by atoms with Crippen molar-refractivity contribution in [1.29, 1.82) is 0 Å². The van der Waals surface area contributed by atoms with Crippen molar-refractivity contribution in [2.45, 2.75) is 19.8 Å². The van der Waals surface area contributed by atoms with Crippen molar-refractivity contribution in [1.82, 2.24) is 25.1 Å². The summed E-state index contributed by atoms with van der Waals surface area (Å²) in [6.07, 6.45) is 3.08. The van der Waals surface area contributed by atoms with Crippen LogP contribution >= 0.6 is 0 Å². The van der Waals surface area contributed by atoms with E-state index in [0.717, 1.165) is 31.7 Å². The number of anilines is 2. The molecule has 4 rings (SSSR count). The first kappa shape index (κ1) is 20.6. The SMILES string of the molecule is CCNC(=O)COc1ccc(NC(=O)C2CCN(c3ccc4nncn4n3)CC2)cc1. The predicted molar refractivity (Wildman–Crippen MR) is 115 cm³/mol.